The first-order valence-electron chi connectivity index (χ1n) is 6.84. The first kappa shape index (κ1) is 14.2. The lowest BCUT2D eigenvalue weighted by Gasteiger charge is -2.17. The van der Waals surface area contributed by atoms with Gasteiger partial charge in [0.05, 0.1) is 0 Å². The normalized spacial score (nSPS) is 11.8. The Morgan fingerprint density at radius 3 is 2.41 bits per heavy atom. The van der Waals surface area contributed by atoms with Gasteiger partial charge in [0.1, 0.15) is 0 Å². The molecular weight excluding hydrogens is 206 g/mol. The van der Waals surface area contributed by atoms with E-state index in [1.54, 1.807) is 0 Å². The van der Waals surface area contributed by atoms with E-state index in [1.165, 1.54) is 43.2 Å². The maximum absolute atomic E-state index is 7.93. The summed E-state index contributed by atoms with van der Waals surface area (Å²) in [6.07, 6.45) is 7.31. The predicted octanol–water partition coefficient (Wildman–Crippen LogP) is 4.41. The minimum absolute atomic E-state index is 0.360. The summed E-state index contributed by atoms with van der Waals surface area (Å²) < 4.78 is 0. The highest BCUT2D eigenvalue weighted by molar-refractivity contribution is 5.24. The zero-order valence-corrected chi connectivity index (χ0v) is 11.6. The summed E-state index contributed by atoms with van der Waals surface area (Å²) in [5, 5.41) is 0. The molecule has 1 aromatic rings. The van der Waals surface area contributed by atoms with Crippen LogP contribution in [0.5, 0.6) is 0 Å². The van der Waals surface area contributed by atoms with E-state index in [0.717, 1.165) is 6.42 Å². The van der Waals surface area contributed by atoms with E-state index >= 15 is 0 Å². The molecule has 0 aliphatic rings. The Hall–Kier alpha value is -0.820. The quantitative estimate of drug-likeness (QED) is 0.622. The van der Waals surface area contributed by atoms with Gasteiger partial charge in [0.25, 0.3) is 0 Å². The summed E-state index contributed by atoms with van der Waals surface area (Å²) in [5.41, 5.74) is 10.3. The third-order valence-electron chi connectivity index (χ3n) is 2.96. The number of rotatable bonds is 7. The van der Waals surface area contributed by atoms with Crippen molar-refractivity contribution in [3.63, 3.8) is 0 Å². The molecule has 0 unspecified atom stereocenters. The van der Waals surface area contributed by atoms with Crippen LogP contribution in [-0.4, -0.2) is 5.54 Å². The Morgan fingerprint density at radius 1 is 1.06 bits per heavy atom. The average molecular weight is 232 g/mol. The summed E-state index contributed by atoms with van der Waals surface area (Å²) in [6, 6.07) is 8.77. The van der Waals surface area contributed by atoms with Gasteiger partial charge >= 0.3 is 0 Å². The van der Waals surface area contributed by atoms with Crippen molar-refractivity contribution in [2.45, 2.75) is 64.8 Å². The van der Waals surface area contributed by atoms with Crippen molar-refractivity contribution in [3.8, 4) is 0 Å². The van der Waals surface area contributed by atoms with Crippen LogP contribution in [0.3, 0.4) is 0 Å². The van der Waals surface area contributed by atoms with Crippen LogP contribution in [0.2, 0.25) is 0 Å². The van der Waals surface area contributed by atoms with Crippen LogP contribution in [0.25, 0.3) is 0 Å². The predicted molar refractivity (Wildman–Crippen MR) is 75.2 cm³/mol. The number of nitrogens with one attached hydrogen (secondary N) is 1. The second-order valence-corrected chi connectivity index (χ2v) is 5.69. The summed E-state index contributed by atoms with van der Waals surface area (Å²) in [5.74, 6) is 0. The second-order valence-electron chi connectivity index (χ2n) is 5.69. The SMILES string of the molecule is CCCCCCc1cccc(CC(C)(C)[NH])c1. The van der Waals surface area contributed by atoms with E-state index in [0.29, 0.717) is 0 Å². The number of aryl methyl sites for hydroxylation is 1. The van der Waals surface area contributed by atoms with E-state index in [9.17, 15) is 0 Å². The molecule has 0 heterocycles. The van der Waals surface area contributed by atoms with Crippen LogP contribution < -0.4 is 5.73 Å². The zero-order valence-electron chi connectivity index (χ0n) is 11.6. The maximum atomic E-state index is 7.93. The Bertz CT molecular complexity index is 323. The van der Waals surface area contributed by atoms with Gasteiger partial charge in [-0.25, -0.2) is 0 Å². The molecule has 0 saturated carbocycles. The lowest BCUT2D eigenvalue weighted by atomic mass is 9.94. The Morgan fingerprint density at radius 2 is 1.76 bits per heavy atom. The van der Waals surface area contributed by atoms with Crippen molar-refractivity contribution in [3.05, 3.63) is 35.4 Å². The molecule has 0 aliphatic carbocycles. The minimum atomic E-state index is -0.360. The van der Waals surface area contributed by atoms with Gasteiger partial charge in [-0.1, -0.05) is 50.5 Å². The first-order chi connectivity index (χ1) is 8.01. The summed E-state index contributed by atoms with van der Waals surface area (Å²) in [6.45, 7) is 6.19. The Labute approximate surface area is 106 Å². The highest BCUT2D eigenvalue weighted by atomic mass is 14.7. The smallest absolute Gasteiger partial charge is 0.0307 e. The molecule has 1 N–H and O–H groups in total. The molecule has 1 heteroatoms. The number of unbranched alkanes of at least 4 members (excludes halogenated alkanes) is 3. The molecular formula is C16H26N. The van der Waals surface area contributed by atoms with Crippen molar-refractivity contribution in [1.82, 2.24) is 5.73 Å². The van der Waals surface area contributed by atoms with E-state index in [4.69, 9.17) is 5.73 Å². The highest BCUT2D eigenvalue weighted by Gasteiger charge is 2.12. The summed E-state index contributed by atoms with van der Waals surface area (Å²) in [4.78, 5) is 0. The van der Waals surface area contributed by atoms with Gasteiger partial charge in [0, 0.05) is 5.54 Å². The molecule has 1 aromatic carbocycles. The molecule has 17 heavy (non-hydrogen) atoms. The van der Waals surface area contributed by atoms with Gasteiger partial charge in [-0.05, 0) is 44.2 Å². The number of benzene rings is 1. The summed E-state index contributed by atoms with van der Waals surface area (Å²) >= 11 is 0. The van der Waals surface area contributed by atoms with E-state index < -0.39 is 0 Å². The second kappa shape index (κ2) is 6.80. The third-order valence-corrected chi connectivity index (χ3v) is 2.96. The molecule has 0 aromatic heterocycles. The van der Waals surface area contributed by atoms with Crippen molar-refractivity contribution in [2.75, 3.05) is 0 Å². The molecule has 95 valence electrons. The lowest BCUT2D eigenvalue weighted by Crippen LogP contribution is -2.24. The fourth-order valence-electron chi connectivity index (χ4n) is 2.16. The Balaban J connectivity index is 2.48. The van der Waals surface area contributed by atoms with Crippen molar-refractivity contribution < 1.29 is 0 Å². The van der Waals surface area contributed by atoms with Crippen molar-refractivity contribution in [2.24, 2.45) is 0 Å². The van der Waals surface area contributed by atoms with Crippen LogP contribution in [-0.2, 0) is 12.8 Å². The van der Waals surface area contributed by atoms with Gasteiger partial charge in [-0.2, -0.15) is 0 Å². The van der Waals surface area contributed by atoms with E-state index in [-0.39, 0.29) is 5.54 Å². The van der Waals surface area contributed by atoms with Gasteiger partial charge in [0.2, 0.25) is 0 Å². The number of hydrogen-bond acceptors (Lipinski definition) is 0. The fourth-order valence-corrected chi connectivity index (χ4v) is 2.16. The van der Waals surface area contributed by atoms with Crippen molar-refractivity contribution >= 4 is 0 Å². The molecule has 0 spiro atoms. The topological polar surface area (TPSA) is 23.8 Å². The number of hydrogen-bond donors (Lipinski definition) is 0. The molecule has 0 atom stereocenters. The van der Waals surface area contributed by atoms with Gasteiger partial charge in [0.15, 0.2) is 0 Å². The summed E-state index contributed by atoms with van der Waals surface area (Å²) in [7, 11) is 0. The standard InChI is InChI=1S/C16H26N/c1-4-5-6-7-9-14-10-8-11-15(12-14)13-16(2,3)17/h8,10-12,17H,4-7,9,13H2,1-3H3. The van der Waals surface area contributed by atoms with Gasteiger partial charge in [-0.15, -0.1) is 0 Å². The van der Waals surface area contributed by atoms with Crippen molar-refractivity contribution in [1.29, 1.82) is 0 Å². The van der Waals surface area contributed by atoms with Crippen LogP contribution >= 0.6 is 0 Å². The molecule has 1 nitrogen and oxygen atoms in total. The van der Waals surface area contributed by atoms with Gasteiger partial charge in [-0.3, -0.25) is 5.73 Å². The van der Waals surface area contributed by atoms with Gasteiger partial charge < -0.3 is 0 Å². The monoisotopic (exact) mass is 232 g/mol. The van der Waals surface area contributed by atoms with Crippen LogP contribution in [0, 0.1) is 0 Å². The Kier molecular flexibility index (Phi) is 5.70. The highest BCUT2D eigenvalue weighted by Crippen LogP contribution is 2.15. The molecule has 1 rings (SSSR count). The zero-order chi connectivity index (χ0) is 12.7. The first-order valence-corrected chi connectivity index (χ1v) is 6.84. The molecule has 0 amide bonds. The van der Waals surface area contributed by atoms with Crippen LogP contribution in [0.4, 0.5) is 0 Å². The van der Waals surface area contributed by atoms with Crippen LogP contribution in [0.15, 0.2) is 24.3 Å². The lowest BCUT2D eigenvalue weighted by molar-refractivity contribution is 0.497. The van der Waals surface area contributed by atoms with E-state index in [1.807, 2.05) is 13.8 Å². The average Bonchev–Trinajstić information content (AvgIpc) is 2.23. The third kappa shape index (κ3) is 6.48. The largest absolute Gasteiger partial charge is 0.251 e. The molecule has 0 bridgehead atoms. The maximum Gasteiger partial charge on any atom is 0.0307 e. The van der Waals surface area contributed by atoms with E-state index in [2.05, 4.69) is 31.2 Å². The van der Waals surface area contributed by atoms with Crippen LogP contribution in [0.1, 0.15) is 57.6 Å². The molecule has 1 radical (unpaired) electrons. The molecule has 0 aliphatic heterocycles. The molecule has 0 saturated heterocycles. The fraction of sp³-hybridized carbons (Fsp3) is 0.625. The minimum Gasteiger partial charge on any atom is -0.251 e. The molecule has 0 fully saturated rings.